The molecule has 12 heteroatoms. The van der Waals surface area contributed by atoms with Gasteiger partial charge in [0.15, 0.2) is 0 Å². The molecule has 0 radical (unpaired) electrons. The Morgan fingerprint density at radius 1 is 1.28 bits per heavy atom. The molecule has 9 nitrogen and oxygen atoms in total. The largest absolute Gasteiger partial charge is 0.362 e. The summed E-state index contributed by atoms with van der Waals surface area (Å²) in [6.07, 6.45) is 8.61. The van der Waals surface area contributed by atoms with Crippen LogP contribution < -0.4 is 4.90 Å². The van der Waals surface area contributed by atoms with Crippen LogP contribution >= 0.6 is 22.9 Å². The van der Waals surface area contributed by atoms with Gasteiger partial charge in [0.1, 0.15) is 35.3 Å². The van der Waals surface area contributed by atoms with E-state index in [1.54, 1.807) is 6.33 Å². The number of hydrogen-bond acceptors (Lipinski definition) is 8. The zero-order chi connectivity index (χ0) is 27.6. The summed E-state index contributed by atoms with van der Waals surface area (Å²) in [4.78, 5) is 11.3. The fourth-order valence-electron chi connectivity index (χ4n) is 5.04. The minimum absolute atomic E-state index is 0.0867. The lowest BCUT2D eigenvalue weighted by atomic mass is 9.96. The van der Waals surface area contributed by atoms with Crippen LogP contribution in [0.1, 0.15) is 24.4 Å². The summed E-state index contributed by atoms with van der Waals surface area (Å²) in [5, 5.41) is 28.0. The lowest BCUT2D eigenvalue weighted by Gasteiger charge is -2.23. The first-order chi connectivity index (χ1) is 18.8. The Kier molecular flexibility index (Phi) is 8.05. The first-order valence-corrected chi connectivity index (χ1v) is 18.0. The molecule has 5 rings (SSSR count). The monoisotopic (exact) mass is 578 g/mol. The topological polar surface area (TPSA) is 109 Å². The van der Waals surface area contributed by atoms with Crippen LogP contribution in [0.15, 0.2) is 36.4 Å². The van der Waals surface area contributed by atoms with Gasteiger partial charge in [-0.1, -0.05) is 31.2 Å². The molecule has 5 heterocycles. The first-order valence-electron chi connectivity index (χ1n) is 13.0. The molecule has 39 heavy (non-hydrogen) atoms. The molecule has 2 atom stereocenters. The number of nitrogens with zero attached hydrogens (tertiary/aromatic N) is 8. The van der Waals surface area contributed by atoms with Crippen molar-refractivity contribution in [2.24, 2.45) is 5.92 Å². The second kappa shape index (κ2) is 11.5. The number of ether oxygens (including phenoxy) is 1. The third-order valence-electron chi connectivity index (χ3n) is 7.19. The van der Waals surface area contributed by atoms with E-state index in [0.717, 1.165) is 59.5 Å². The highest BCUT2D eigenvalue weighted by atomic mass is 35.5. The third-order valence-corrected chi connectivity index (χ3v) is 10.4. The van der Waals surface area contributed by atoms with E-state index in [1.807, 2.05) is 39.3 Å². The molecule has 4 aromatic rings. The molecule has 202 valence electrons. The van der Waals surface area contributed by atoms with Crippen LogP contribution in [-0.4, -0.2) is 52.1 Å². The molecule has 1 aliphatic heterocycles. The van der Waals surface area contributed by atoms with E-state index in [4.69, 9.17) is 16.3 Å². The molecular formula is C27H31ClN8OSSi. The van der Waals surface area contributed by atoms with Crippen LogP contribution in [0.5, 0.6) is 0 Å². The van der Waals surface area contributed by atoms with Gasteiger partial charge in [-0.25, -0.2) is 9.97 Å². The minimum atomic E-state index is -1.14. The maximum absolute atomic E-state index is 9.63. The number of aromatic nitrogens is 5. The summed E-state index contributed by atoms with van der Waals surface area (Å²) in [6.45, 7) is 9.78. The van der Waals surface area contributed by atoms with Gasteiger partial charge >= 0.3 is 0 Å². The van der Waals surface area contributed by atoms with Crippen molar-refractivity contribution < 1.29 is 4.74 Å². The molecule has 0 bridgehead atoms. The predicted octanol–water partition coefficient (Wildman–Crippen LogP) is 6.17. The van der Waals surface area contributed by atoms with E-state index >= 15 is 0 Å². The van der Waals surface area contributed by atoms with Crippen molar-refractivity contribution in [1.29, 1.82) is 10.5 Å². The Morgan fingerprint density at radius 2 is 2.13 bits per heavy atom. The Hall–Kier alpha value is -3.22. The maximum atomic E-state index is 9.63. The van der Waals surface area contributed by atoms with Crippen LogP contribution in [0.3, 0.4) is 0 Å². The number of thiophene rings is 1. The molecule has 4 aromatic heterocycles. The van der Waals surface area contributed by atoms with Crippen LogP contribution in [-0.2, 0) is 11.5 Å². The summed E-state index contributed by atoms with van der Waals surface area (Å²) in [5.74, 6) is 0.213. The van der Waals surface area contributed by atoms with Gasteiger partial charge in [0.05, 0.1) is 35.4 Å². The third kappa shape index (κ3) is 5.87. The lowest BCUT2D eigenvalue weighted by molar-refractivity contribution is 0.0899. The number of anilines is 1. The molecule has 0 saturated carbocycles. The minimum Gasteiger partial charge on any atom is -0.362 e. The fourth-order valence-corrected chi connectivity index (χ4v) is 7.04. The zero-order valence-electron chi connectivity index (χ0n) is 22.3. The van der Waals surface area contributed by atoms with E-state index < -0.39 is 8.07 Å². The highest BCUT2D eigenvalue weighted by Crippen LogP contribution is 2.40. The summed E-state index contributed by atoms with van der Waals surface area (Å²) in [7, 11) is -1.14. The molecule has 0 aromatic carbocycles. The highest BCUT2D eigenvalue weighted by molar-refractivity contribution is 7.15. The molecule has 1 saturated heterocycles. The van der Waals surface area contributed by atoms with Crippen LogP contribution in [0, 0.1) is 28.6 Å². The smallest absolute Gasteiger partial charge is 0.145 e. The number of rotatable bonds is 10. The highest BCUT2D eigenvalue weighted by Gasteiger charge is 2.33. The van der Waals surface area contributed by atoms with E-state index in [0.29, 0.717) is 23.7 Å². The SMILES string of the molecule is C[Si](C)(C)CCOCn1ccc2c(-c3cnn([C@@H](CC#N)C4CCN(c5scc(Cl)c5C#N)C4)c3)ncnc21. The summed E-state index contributed by atoms with van der Waals surface area (Å²) < 4.78 is 9.86. The van der Waals surface area contributed by atoms with Crippen LogP contribution in [0.25, 0.3) is 22.3 Å². The van der Waals surface area contributed by atoms with Gasteiger partial charge in [0, 0.05) is 62.4 Å². The average Bonchev–Trinajstić information content (AvgIpc) is 3.71. The van der Waals surface area contributed by atoms with Crippen molar-refractivity contribution in [3.63, 3.8) is 0 Å². The quantitative estimate of drug-likeness (QED) is 0.163. The van der Waals surface area contributed by atoms with E-state index in [-0.39, 0.29) is 12.0 Å². The van der Waals surface area contributed by atoms with Crippen LogP contribution in [0.4, 0.5) is 5.00 Å². The van der Waals surface area contributed by atoms with E-state index in [1.165, 1.54) is 11.3 Å². The summed E-state index contributed by atoms with van der Waals surface area (Å²) in [5.41, 5.74) is 3.04. The molecule has 0 N–H and O–H groups in total. The van der Waals surface area contributed by atoms with Gasteiger partial charge in [-0.3, -0.25) is 4.68 Å². The standard InChI is InChI=1S/C27H31ClN8OSSi/c1-39(2,3)11-10-37-18-35-9-6-21-25(31-17-32-26(21)35)20-13-33-36(15-20)24(4-7-29)19-5-8-34(14-19)27-22(12-30)23(28)16-38-27/h6,9,13,15-17,19,24H,4-5,8,10-11,14,18H2,1-3H3/t19?,24-/m0/s1. The number of nitriles is 2. The number of hydrogen-bond donors (Lipinski definition) is 0. The first kappa shape index (κ1) is 27.3. The van der Waals surface area contributed by atoms with Crippen molar-refractivity contribution in [3.8, 4) is 23.4 Å². The van der Waals surface area contributed by atoms with Crippen molar-refractivity contribution in [2.75, 3.05) is 24.6 Å². The lowest BCUT2D eigenvalue weighted by Crippen LogP contribution is -2.25. The Morgan fingerprint density at radius 3 is 2.90 bits per heavy atom. The van der Waals surface area contributed by atoms with E-state index in [9.17, 15) is 10.5 Å². The number of halogens is 1. The summed E-state index contributed by atoms with van der Waals surface area (Å²) >= 11 is 7.70. The summed E-state index contributed by atoms with van der Waals surface area (Å²) in [6, 6.07) is 7.63. The van der Waals surface area contributed by atoms with Gasteiger partial charge in [-0.15, -0.1) is 11.3 Å². The molecule has 0 spiro atoms. The Balaban J connectivity index is 1.33. The van der Waals surface area contributed by atoms with Gasteiger partial charge in [-0.05, 0) is 18.5 Å². The molecule has 1 unspecified atom stereocenters. The van der Waals surface area contributed by atoms with Gasteiger partial charge in [0.25, 0.3) is 0 Å². The molecular weight excluding hydrogens is 548 g/mol. The zero-order valence-corrected chi connectivity index (χ0v) is 24.9. The van der Waals surface area contributed by atoms with Gasteiger partial charge in [0.2, 0.25) is 0 Å². The average molecular weight is 579 g/mol. The second-order valence-electron chi connectivity index (χ2n) is 11.1. The maximum Gasteiger partial charge on any atom is 0.145 e. The molecule has 1 fully saturated rings. The number of fused-ring (bicyclic) bond motifs is 1. The van der Waals surface area contributed by atoms with Crippen molar-refractivity contribution in [3.05, 3.63) is 47.0 Å². The van der Waals surface area contributed by atoms with Crippen molar-refractivity contribution in [2.45, 2.75) is 51.3 Å². The van der Waals surface area contributed by atoms with Crippen molar-refractivity contribution in [1.82, 2.24) is 24.3 Å². The van der Waals surface area contributed by atoms with Crippen LogP contribution in [0.2, 0.25) is 30.7 Å². The van der Waals surface area contributed by atoms with E-state index in [2.05, 4.69) is 51.7 Å². The second-order valence-corrected chi connectivity index (χ2v) is 18.0. The van der Waals surface area contributed by atoms with Gasteiger partial charge < -0.3 is 14.2 Å². The van der Waals surface area contributed by atoms with Gasteiger partial charge in [-0.2, -0.15) is 15.6 Å². The fraction of sp³-hybridized carbons (Fsp3) is 0.444. The van der Waals surface area contributed by atoms with Crippen molar-refractivity contribution >= 4 is 47.0 Å². The Bertz CT molecular complexity index is 1540. The predicted molar refractivity (Wildman–Crippen MR) is 156 cm³/mol. The molecule has 0 amide bonds. The normalized spacial score (nSPS) is 16.5. The molecule has 1 aliphatic rings. The molecule has 0 aliphatic carbocycles. The Labute approximate surface area is 238 Å².